The Morgan fingerprint density at radius 3 is 2.78 bits per heavy atom. The van der Waals surface area contributed by atoms with Gasteiger partial charge in [0.2, 0.25) is 0 Å². The van der Waals surface area contributed by atoms with Gasteiger partial charge in [-0.15, -0.1) is 0 Å². The Balaban J connectivity index is 2.47. The maximum atomic E-state index is 11.8. The van der Waals surface area contributed by atoms with E-state index in [1.165, 1.54) is 0 Å². The fourth-order valence-electron chi connectivity index (χ4n) is 1.52. The molecule has 0 amide bonds. The molecule has 0 saturated carbocycles. The van der Waals surface area contributed by atoms with Crippen LogP contribution in [0.5, 0.6) is 5.75 Å². The molecule has 3 nitrogen and oxygen atoms in total. The zero-order chi connectivity index (χ0) is 13.4. The largest absolute Gasteiger partial charge is 0.490 e. The summed E-state index contributed by atoms with van der Waals surface area (Å²) < 4.78 is 23.5. The van der Waals surface area contributed by atoms with E-state index in [0.29, 0.717) is 13.2 Å². The number of rotatable bonds is 8. The maximum absolute atomic E-state index is 11.8. The molecule has 5 heteroatoms. The summed E-state index contributed by atoms with van der Waals surface area (Å²) >= 11 is 2.22. The lowest BCUT2D eigenvalue weighted by molar-refractivity contribution is 0.0894. The van der Waals surface area contributed by atoms with Crippen LogP contribution in [0.4, 0.5) is 4.39 Å². The Morgan fingerprint density at radius 2 is 2.11 bits per heavy atom. The van der Waals surface area contributed by atoms with Crippen LogP contribution >= 0.6 is 22.6 Å². The molecular formula is C13H19FINO2. The van der Waals surface area contributed by atoms with Gasteiger partial charge in [-0.1, -0.05) is 6.07 Å². The van der Waals surface area contributed by atoms with E-state index >= 15 is 0 Å². The van der Waals surface area contributed by atoms with Gasteiger partial charge < -0.3 is 15.2 Å². The molecule has 0 bridgehead atoms. The van der Waals surface area contributed by atoms with Crippen LogP contribution in [-0.2, 0) is 11.2 Å². The number of halogens is 2. The fourth-order valence-corrected chi connectivity index (χ4v) is 2.02. The van der Waals surface area contributed by atoms with Gasteiger partial charge in [0.05, 0.1) is 16.8 Å². The number of hydrogen-bond acceptors (Lipinski definition) is 3. The van der Waals surface area contributed by atoms with E-state index in [1.54, 1.807) is 0 Å². The van der Waals surface area contributed by atoms with Crippen LogP contribution in [0.25, 0.3) is 0 Å². The van der Waals surface area contributed by atoms with E-state index in [-0.39, 0.29) is 12.6 Å². The minimum absolute atomic E-state index is 0.130. The zero-order valence-corrected chi connectivity index (χ0v) is 12.7. The number of benzene rings is 1. The van der Waals surface area contributed by atoms with Crippen LogP contribution in [0.3, 0.4) is 0 Å². The molecule has 102 valence electrons. The van der Waals surface area contributed by atoms with Crippen molar-refractivity contribution >= 4 is 22.6 Å². The van der Waals surface area contributed by atoms with Crippen LogP contribution in [0, 0.1) is 3.57 Å². The summed E-state index contributed by atoms with van der Waals surface area (Å²) in [4.78, 5) is 0. The van der Waals surface area contributed by atoms with Gasteiger partial charge in [-0.2, -0.15) is 0 Å². The molecule has 0 aliphatic rings. The summed E-state index contributed by atoms with van der Waals surface area (Å²) in [6.07, 6.45) is 0.825. The first-order valence-electron chi connectivity index (χ1n) is 5.94. The van der Waals surface area contributed by atoms with Crippen LogP contribution in [0.15, 0.2) is 18.2 Å². The monoisotopic (exact) mass is 367 g/mol. The Hall–Kier alpha value is -0.400. The van der Waals surface area contributed by atoms with Gasteiger partial charge in [0.15, 0.2) is 0 Å². The molecule has 18 heavy (non-hydrogen) atoms. The summed E-state index contributed by atoms with van der Waals surface area (Å²) in [5, 5.41) is 0. The molecule has 0 fully saturated rings. The third-order valence-electron chi connectivity index (χ3n) is 2.26. The van der Waals surface area contributed by atoms with E-state index in [4.69, 9.17) is 15.2 Å². The van der Waals surface area contributed by atoms with Crippen molar-refractivity contribution in [2.45, 2.75) is 19.4 Å². The van der Waals surface area contributed by atoms with Gasteiger partial charge in [0.25, 0.3) is 0 Å². The van der Waals surface area contributed by atoms with E-state index in [2.05, 4.69) is 28.7 Å². The van der Waals surface area contributed by atoms with Crippen LogP contribution in [0.2, 0.25) is 0 Å². The summed E-state index contributed by atoms with van der Waals surface area (Å²) in [5.41, 5.74) is 6.93. The summed E-state index contributed by atoms with van der Waals surface area (Å²) in [6, 6.07) is 6.19. The highest BCUT2D eigenvalue weighted by molar-refractivity contribution is 14.1. The molecule has 0 heterocycles. The van der Waals surface area contributed by atoms with Crippen molar-refractivity contribution in [1.29, 1.82) is 0 Å². The van der Waals surface area contributed by atoms with Gasteiger partial charge in [0.1, 0.15) is 19.0 Å². The van der Waals surface area contributed by atoms with Gasteiger partial charge in [-0.05, 0) is 53.6 Å². The lowest BCUT2D eigenvalue weighted by Gasteiger charge is -2.11. The van der Waals surface area contributed by atoms with Gasteiger partial charge in [0, 0.05) is 6.04 Å². The molecular weight excluding hydrogens is 348 g/mol. The van der Waals surface area contributed by atoms with E-state index in [1.807, 2.05) is 19.1 Å². The minimum atomic E-state index is -0.457. The molecule has 0 aromatic heterocycles. The summed E-state index contributed by atoms with van der Waals surface area (Å²) in [7, 11) is 0. The molecule has 0 spiro atoms. The number of nitrogens with two attached hydrogens (primary N) is 1. The predicted molar refractivity (Wildman–Crippen MR) is 78.8 cm³/mol. The van der Waals surface area contributed by atoms with E-state index in [0.717, 1.165) is 21.3 Å². The molecule has 1 unspecified atom stereocenters. The standard InChI is InChI=1S/C13H19FINO2/c1-10(16)8-11-2-3-12(15)13(9-11)18-7-6-17-5-4-14/h2-3,9-10H,4-8,16H2,1H3. The predicted octanol–water partition coefficient (Wildman–Crippen LogP) is 2.55. The van der Waals surface area contributed by atoms with Crippen molar-refractivity contribution in [3.05, 3.63) is 27.3 Å². The topological polar surface area (TPSA) is 44.5 Å². The zero-order valence-electron chi connectivity index (χ0n) is 10.5. The number of alkyl halides is 1. The smallest absolute Gasteiger partial charge is 0.133 e. The molecule has 0 aliphatic heterocycles. The molecule has 0 aliphatic carbocycles. The van der Waals surface area contributed by atoms with Gasteiger partial charge >= 0.3 is 0 Å². The summed E-state index contributed by atoms with van der Waals surface area (Å²) in [5.74, 6) is 0.831. The Morgan fingerprint density at radius 1 is 1.33 bits per heavy atom. The van der Waals surface area contributed by atoms with Crippen molar-refractivity contribution < 1.29 is 13.9 Å². The number of hydrogen-bond donors (Lipinski definition) is 1. The average Bonchev–Trinajstić information content (AvgIpc) is 2.32. The minimum Gasteiger partial charge on any atom is -0.490 e. The number of ether oxygens (including phenoxy) is 2. The van der Waals surface area contributed by atoms with E-state index < -0.39 is 6.67 Å². The van der Waals surface area contributed by atoms with Gasteiger partial charge in [-0.3, -0.25) is 0 Å². The Bertz CT molecular complexity index is 361. The Labute approximate surface area is 121 Å². The summed E-state index contributed by atoms with van der Waals surface area (Å²) in [6.45, 7) is 2.48. The SMILES string of the molecule is CC(N)Cc1ccc(I)c(OCCOCCF)c1. The second-order valence-corrected chi connectivity index (χ2v) is 5.26. The van der Waals surface area contributed by atoms with Crippen molar-refractivity contribution in [3.8, 4) is 5.75 Å². The third-order valence-corrected chi connectivity index (χ3v) is 3.15. The maximum Gasteiger partial charge on any atom is 0.133 e. The lowest BCUT2D eigenvalue weighted by atomic mass is 10.1. The molecule has 1 aromatic rings. The highest BCUT2D eigenvalue weighted by Gasteiger charge is 2.04. The second kappa shape index (κ2) is 8.66. The Kier molecular flexibility index (Phi) is 7.53. The third kappa shape index (κ3) is 5.97. The average molecular weight is 367 g/mol. The van der Waals surface area contributed by atoms with Crippen molar-refractivity contribution in [2.24, 2.45) is 5.73 Å². The molecule has 1 rings (SSSR count). The van der Waals surface area contributed by atoms with Crippen molar-refractivity contribution in [2.75, 3.05) is 26.5 Å². The molecule has 0 radical (unpaired) electrons. The first-order valence-corrected chi connectivity index (χ1v) is 7.02. The lowest BCUT2D eigenvalue weighted by Crippen LogP contribution is -2.17. The highest BCUT2D eigenvalue weighted by atomic mass is 127. The van der Waals surface area contributed by atoms with Crippen molar-refractivity contribution in [1.82, 2.24) is 0 Å². The van der Waals surface area contributed by atoms with Crippen LogP contribution < -0.4 is 10.5 Å². The molecule has 1 atom stereocenters. The van der Waals surface area contributed by atoms with Gasteiger partial charge in [-0.25, -0.2) is 4.39 Å². The molecule has 2 N–H and O–H groups in total. The molecule has 1 aromatic carbocycles. The fraction of sp³-hybridized carbons (Fsp3) is 0.538. The van der Waals surface area contributed by atoms with Crippen molar-refractivity contribution in [3.63, 3.8) is 0 Å². The quantitative estimate of drug-likeness (QED) is 0.568. The van der Waals surface area contributed by atoms with Crippen LogP contribution in [0.1, 0.15) is 12.5 Å². The second-order valence-electron chi connectivity index (χ2n) is 4.10. The van der Waals surface area contributed by atoms with Crippen LogP contribution in [-0.4, -0.2) is 32.5 Å². The first kappa shape index (κ1) is 15.7. The highest BCUT2D eigenvalue weighted by Crippen LogP contribution is 2.22. The van der Waals surface area contributed by atoms with E-state index in [9.17, 15) is 4.39 Å². The molecule has 0 saturated heterocycles. The normalized spacial score (nSPS) is 12.4. The first-order chi connectivity index (χ1) is 8.63.